The second-order valence-corrected chi connectivity index (χ2v) is 4.64. The van der Waals surface area contributed by atoms with Crippen LogP contribution in [-0.4, -0.2) is 34.9 Å². The molecule has 6 nitrogen and oxygen atoms in total. The maximum atomic E-state index is 5.32. The number of hydrogen-bond acceptors (Lipinski definition) is 6. The van der Waals surface area contributed by atoms with Crippen molar-refractivity contribution in [2.24, 2.45) is 0 Å². The van der Waals surface area contributed by atoms with E-state index in [4.69, 9.17) is 9.26 Å². The second-order valence-electron chi connectivity index (χ2n) is 4.64. The molecule has 3 heterocycles. The van der Waals surface area contributed by atoms with Gasteiger partial charge in [-0.15, -0.1) is 0 Å². The predicted octanol–water partition coefficient (Wildman–Crippen LogP) is 1.10. The van der Waals surface area contributed by atoms with Gasteiger partial charge in [0.05, 0.1) is 12.1 Å². The van der Waals surface area contributed by atoms with E-state index in [0.29, 0.717) is 18.1 Å². The summed E-state index contributed by atoms with van der Waals surface area (Å²) in [4.78, 5) is 8.42. The summed E-state index contributed by atoms with van der Waals surface area (Å²) < 4.78 is 10.6. The van der Waals surface area contributed by atoms with Crippen molar-refractivity contribution in [3.8, 4) is 0 Å². The molecule has 0 spiro atoms. The zero-order valence-electron chi connectivity index (χ0n) is 10.7. The smallest absolute Gasteiger partial charge is 0.243 e. The predicted molar refractivity (Wildman–Crippen MR) is 67.5 cm³/mol. The summed E-state index contributed by atoms with van der Waals surface area (Å²) in [6, 6.07) is 4.00. The molecule has 100 valence electrons. The first-order valence-electron chi connectivity index (χ1n) is 6.32. The molecule has 0 aromatic carbocycles. The second kappa shape index (κ2) is 5.46. The minimum Gasteiger partial charge on any atom is -0.380 e. The maximum absolute atomic E-state index is 5.32. The molecule has 0 saturated carbocycles. The van der Waals surface area contributed by atoms with E-state index in [1.165, 1.54) is 0 Å². The van der Waals surface area contributed by atoms with E-state index in [2.05, 4.69) is 20.4 Å². The van der Waals surface area contributed by atoms with Crippen molar-refractivity contribution in [2.75, 3.05) is 13.7 Å². The van der Waals surface area contributed by atoms with Gasteiger partial charge in [0.1, 0.15) is 0 Å². The molecular formula is C13H16N4O2. The van der Waals surface area contributed by atoms with Crippen LogP contribution in [0.2, 0.25) is 0 Å². The molecule has 19 heavy (non-hydrogen) atoms. The van der Waals surface area contributed by atoms with Gasteiger partial charge in [-0.25, -0.2) is 0 Å². The normalized spacial score (nSPS) is 22.8. The molecule has 2 atom stereocenters. The highest BCUT2D eigenvalue weighted by atomic mass is 16.5. The van der Waals surface area contributed by atoms with Gasteiger partial charge in [0.15, 0.2) is 5.82 Å². The Morgan fingerprint density at radius 3 is 3.00 bits per heavy atom. The van der Waals surface area contributed by atoms with Crippen LogP contribution in [0.25, 0.3) is 0 Å². The standard InChI is InChI=1S/C13H16N4O2/c1-18-10-7-11(15-8-10)13-16-12(17-19-13)6-9-2-4-14-5-3-9/h2-5,10-11,15H,6-8H2,1H3/t10-,11+/m0/s1. The number of aromatic nitrogens is 3. The molecule has 0 amide bonds. The van der Waals surface area contributed by atoms with E-state index in [1.807, 2.05) is 12.1 Å². The van der Waals surface area contributed by atoms with E-state index >= 15 is 0 Å². The molecule has 1 aliphatic heterocycles. The highest BCUT2D eigenvalue weighted by molar-refractivity contribution is 5.15. The number of nitrogens with zero attached hydrogens (tertiary/aromatic N) is 3. The van der Waals surface area contributed by atoms with E-state index in [-0.39, 0.29) is 12.1 Å². The van der Waals surface area contributed by atoms with Crippen molar-refractivity contribution in [1.29, 1.82) is 0 Å². The zero-order chi connectivity index (χ0) is 13.1. The summed E-state index contributed by atoms with van der Waals surface area (Å²) >= 11 is 0. The number of pyridine rings is 1. The van der Waals surface area contributed by atoms with Crippen molar-refractivity contribution >= 4 is 0 Å². The summed E-state index contributed by atoms with van der Waals surface area (Å²) in [6.07, 6.45) is 5.27. The molecule has 0 unspecified atom stereocenters. The van der Waals surface area contributed by atoms with Crippen LogP contribution in [0.1, 0.15) is 29.7 Å². The lowest BCUT2D eigenvalue weighted by atomic mass is 10.2. The number of rotatable bonds is 4. The Hall–Kier alpha value is -1.79. The van der Waals surface area contributed by atoms with Crippen LogP contribution in [0.15, 0.2) is 29.0 Å². The Kier molecular flexibility index (Phi) is 3.52. The average molecular weight is 260 g/mol. The van der Waals surface area contributed by atoms with E-state index in [9.17, 15) is 0 Å². The van der Waals surface area contributed by atoms with Crippen molar-refractivity contribution in [3.63, 3.8) is 0 Å². The molecule has 1 fully saturated rings. The molecule has 1 aliphatic rings. The largest absolute Gasteiger partial charge is 0.380 e. The van der Waals surface area contributed by atoms with Crippen LogP contribution in [0.5, 0.6) is 0 Å². The van der Waals surface area contributed by atoms with Crippen molar-refractivity contribution < 1.29 is 9.26 Å². The molecular weight excluding hydrogens is 244 g/mol. The lowest BCUT2D eigenvalue weighted by Crippen LogP contribution is -2.16. The third-order valence-corrected chi connectivity index (χ3v) is 3.32. The molecule has 6 heteroatoms. The number of ether oxygens (including phenoxy) is 1. The molecule has 2 aromatic rings. The van der Waals surface area contributed by atoms with E-state index < -0.39 is 0 Å². The van der Waals surface area contributed by atoms with Crippen LogP contribution in [0.3, 0.4) is 0 Å². The van der Waals surface area contributed by atoms with Gasteiger partial charge in [0.25, 0.3) is 0 Å². The minimum atomic E-state index is 0.101. The summed E-state index contributed by atoms with van der Waals surface area (Å²) in [5.41, 5.74) is 1.12. The molecule has 2 aromatic heterocycles. The lowest BCUT2D eigenvalue weighted by Gasteiger charge is -2.04. The molecule has 3 rings (SSSR count). The molecule has 0 aliphatic carbocycles. The van der Waals surface area contributed by atoms with E-state index in [1.54, 1.807) is 19.5 Å². The first-order valence-corrected chi connectivity index (χ1v) is 6.32. The molecule has 1 N–H and O–H groups in total. The van der Waals surface area contributed by atoms with Crippen LogP contribution in [0, 0.1) is 0 Å². The fourth-order valence-corrected chi connectivity index (χ4v) is 2.23. The summed E-state index contributed by atoms with van der Waals surface area (Å²) in [5.74, 6) is 1.34. The van der Waals surface area contributed by atoms with Crippen molar-refractivity contribution in [3.05, 3.63) is 41.8 Å². The first kappa shape index (κ1) is 12.3. The number of hydrogen-bond donors (Lipinski definition) is 1. The van der Waals surface area contributed by atoms with Crippen molar-refractivity contribution in [1.82, 2.24) is 20.4 Å². The summed E-state index contributed by atoms with van der Waals surface area (Å²) in [6.45, 7) is 0.823. The monoisotopic (exact) mass is 260 g/mol. The molecule has 0 bridgehead atoms. The Morgan fingerprint density at radius 2 is 2.26 bits per heavy atom. The third-order valence-electron chi connectivity index (χ3n) is 3.32. The fourth-order valence-electron chi connectivity index (χ4n) is 2.23. The maximum Gasteiger partial charge on any atom is 0.243 e. The highest BCUT2D eigenvalue weighted by Gasteiger charge is 2.29. The fraction of sp³-hybridized carbons (Fsp3) is 0.462. The van der Waals surface area contributed by atoms with Crippen LogP contribution >= 0.6 is 0 Å². The zero-order valence-corrected chi connectivity index (χ0v) is 10.7. The van der Waals surface area contributed by atoms with Gasteiger partial charge in [-0.1, -0.05) is 5.16 Å². The number of methoxy groups -OCH3 is 1. The Labute approximate surface area is 111 Å². The van der Waals surface area contributed by atoms with E-state index in [0.717, 1.165) is 18.5 Å². The van der Waals surface area contributed by atoms with Gasteiger partial charge >= 0.3 is 0 Å². The minimum absolute atomic E-state index is 0.101. The summed E-state index contributed by atoms with van der Waals surface area (Å²) in [5, 5.41) is 7.34. The topological polar surface area (TPSA) is 73.1 Å². The van der Waals surface area contributed by atoms with Gasteiger partial charge < -0.3 is 14.6 Å². The van der Waals surface area contributed by atoms with Crippen molar-refractivity contribution in [2.45, 2.75) is 25.0 Å². The number of nitrogens with one attached hydrogen (secondary N) is 1. The van der Waals surface area contributed by atoms with Gasteiger partial charge in [-0.3, -0.25) is 4.98 Å². The SMILES string of the molecule is CO[C@@H]1CN[C@@H](c2nc(Cc3ccncc3)no2)C1. The van der Waals surface area contributed by atoms with Gasteiger partial charge in [0.2, 0.25) is 5.89 Å². The molecule has 1 saturated heterocycles. The Bertz CT molecular complexity index is 528. The Balaban J connectivity index is 1.67. The van der Waals surface area contributed by atoms with Gasteiger partial charge in [-0.2, -0.15) is 4.98 Å². The van der Waals surface area contributed by atoms with Crippen LogP contribution in [0.4, 0.5) is 0 Å². The van der Waals surface area contributed by atoms with Gasteiger partial charge in [-0.05, 0) is 24.1 Å². The lowest BCUT2D eigenvalue weighted by molar-refractivity contribution is 0.116. The summed E-state index contributed by atoms with van der Waals surface area (Å²) in [7, 11) is 1.72. The quantitative estimate of drug-likeness (QED) is 0.887. The highest BCUT2D eigenvalue weighted by Crippen LogP contribution is 2.23. The van der Waals surface area contributed by atoms with Gasteiger partial charge in [0, 0.05) is 32.5 Å². The van der Waals surface area contributed by atoms with Crippen LogP contribution < -0.4 is 5.32 Å². The Morgan fingerprint density at radius 1 is 1.42 bits per heavy atom. The first-order chi connectivity index (χ1) is 9.35. The molecule has 0 radical (unpaired) electrons. The third kappa shape index (κ3) is 2.80. The van der Waals surface area contributed by atoms with Crippen LogP contribution in [-0.2, 0) is 11.2 Å². The average Bonchev–Trinajstić information content (AvgIpc) is 3.08.